The van der Waals surface area contributed by atoms with Gasteiger partial charge in [-0.3, -0.25) is 0 Å². The van der Waals surface area contributed by atoms with Crippen molar-refractivity contribution in [2.75, 3.05) is 0 Å². The molecule has 6 heteroatoms. The number of hydrogen-bond acceptors (Lipinski definition) is 2. The molecule has 0 aliphatic heterocycles. The van der Waals surface area contributed by atoms with Gasteiger partial charge in [0.25, 0.3) is 0 Å². The Bertz CT molecular complexity index is 772. The van der Waals surface area contributed by atoms with Crippen molar-refractivity contribution in [3.8, 4) is 11.5 Å². The number of unbranched alkanes of at least 4 members (excludes halogenated alkanes) is 3. The predicted octanol–water partition coefficient (Wildman–Crippen LogP) is 16.2. The molecule has 0 amide bonds. The summed E-state index contributed by atoms with van der Waals surface area (Å²) < 4.78 is 45.7. The fourth-order valence-corrected chi connectivity index (χ4v) is 3.96. The maximum Gasteiger partial charge on any atom is 2.00 e. The van der Waals surface area contributed by atoms with Gasteiger partial charge in [-0.15, -0.1) is 13.2 Å². The van der Waals surface area contributed by atoms with Crippen LogP contribution in [0.3, 0.4) is 0 Å². The van der Waals surface area contributed by atoms with Crippen LogP contribution >= 0.6 is 0 Å². The third kappa shape index (κ3) is 47.3. The van der Waals surface area contributed by atoms with Gasteiger partial charge < -0.3 is 23.3 Å². The minimum atomic E-state index is -4.69. The van der Waals surface area contributed by atoms with Gasteiger partial charge in [-0.05, 0) is 54.0 Å². The number of hydrogen-bond donors (Lipinski definition) is 0. The van der Waals surface area contributed by atoms with Gasteiger partial charge in [0.15, 0.2) is 0 Å². The smallest absolute Gasteiger partial charge is 0.458 e. The molecule has 0 saturated heterocycles. The molecule has 1 aromatic carbocycles. The van der Waals surface area contributed by atoms with E-state index in [0.717, 1.165) is 43.1 Å². The van der Waals surface area contributed by atoms with Crippen LogP contribution in [0, 0.1) is 62.7 Å². The van der Waals surface area contributed by atoms with Crippen LogP contribution in [0.1, 0.15) is 173 Å². The minimum Gasteiger partial charge on any atom is -0.458 e. The van der Waals surface area contributed by atoms with Crippen LogP contribution in [0.5, 0.6) is 11.5 Å². The van der Waals surface area contributed by atoms with E-state index >= 15 is 0 Å². The van der Waals surface area contributed by atoms with Crippen LogP contribution in [0.2, 0.25) is 0 Å². The molecule has 2 atom stereocenters. The standard InChI is InChI=1S/C17H21F3O2.C10H22.C7H16.2C3H7.C2H6.U/c1-5-6-7-16(12(2)3)13(4)21-14-8-10-15(11-9-14)22-17(18,19)20;1-4-6-7-9-10(3)8-5-2;1-4-6-7(3)5-2;2*1-3-2;1-2;/h7-12H,4-6H2,1-3H3;10H,4-9H2,1-3H3;7H,4-6H2,1-3H3;2*1,3H2,2H3;1-2H3;/q;;;2*-1;;+2/b16-7-;;;;;;. The first-order valence-corrected chi connectivity index (χ1v) is 18.7. The summed E-state index contributed by atoms with van der Waals surface area (Å²) in [6, 6.07) is 5.26. The Morgan fingerprint density at radius 1 is 0.729 bits per heavy atom. The van der Waals surface area contributed by atoms with Crippen molar-refractivity contribution in [2.45, 2.75) is 180 Å². The second-order valence-electron chi connectivity index (χ2n) is 11.8. The fraction of sp³-hybridized carbons (Fsp3) is 0.714. The Morgan fingerprint density at radius 2 is 1.17 bits per heavy atom. The van der Waals surface area contributed by atoms with Crippen molar-refractivity contribution < 1.29 is 53.8 Å². The fourth-order valence-electron chi connectivity index (χ4n) is 3.96. The Labute approximate surface area is 323 Å². The monoisotopic (exact) mass is 911 g/mol. The van der Waals surface area contributed by atoms with E-state index in [9.17, 15) is 13.2 Å². The SMILES string of the molecule is C=C(Oc1ccc(OC(F)(F)F)cc1)/C(=C\CCC)C(C)C.CC.CCCC(C)CC.CCCCCC(C)CCC.[CH2-]CC.[CH2-]CC.[U+2]. The molecule has 0 radical (unpaired) electrons. The molecule has 0 fully saturated rings. The van der Waals surface area contributed by atoms with Crippen LogP contribution in [0.15, 0.2) is 48.3 Å². The topological polar surface area (TPSA) is 18.5 Å². The minimum absolute atomic E-state index is 0. The molecule has 0 spiro atoms. The van der Waals surface area contributed by atoms with Crippen molar-refractivity contribution in [3.63, 3.8) is 0 Å². The van der Waals surface area contributed by atoms with Gasteiger partial charge in [0.2, 0.25) is 0 Å². The van der Waals surface area contributed by atoms with E-state index in [4.69, 9.17) is 4.74 Å². The van der Waals surface area contributed by atoms with Gasteiger partial charge in [-0.2, -0.15) is 12.8 Å². The second-order valence-corrected chi connectivity index (χ2v) is 11.8. The van der Waals surface area contributed by atoms with Crippen LogP contribution in [-0.2, 0) is 0 Å². The van der Waals surface area contributed by atoms with E-state index in [1.807, 2.05) is 41.5 Å². The molecule has 2 unspecified atom stereocenters. The van der Waals surface area contributed by atoms with Crippen molar-refractivity contribution in [1.29, 1.82) is 0 Å². The van der Waals surface area contributed by atoms with E-state index in [1.54, 1.807) is 0 Å². The summed E-state index contributed by atoms with van der Waals surface area (Å²) in [5.41, 5.74) is 0.998. The van der Waals surface area contributed by atoms with Crippen molar-refractivity contribution in [3.05, 3.63) is 62.1 Å². The molecule has 0 aromatic heterocycles. The van der Waals surface area contributed by atoms with Gasteiger partial charge >= 0.3 is 37.5 Å². The van der Waals surface area contributed by atoms with E-state index in [0.29, 0.717) is 11.5 Å². The second kappa shape index (κ2) is 44.2. The number of allylic oxidation sites excluding steroid dienone is 2. The molecule has 48 heavy (non-hydrogen) atoms. The zero-order valence-corrected chi connectivity index (χ0v) is 38.0. The van der Waals surface area contributed by atoms with Gasteiger partial charge in [0.1, 0.15) is 17.3 Å². The third-order valence-electron chi connectivity index (χ3n) is 6.46. The first-order chi connectivity index (χ1) is 22.2. The molecule has 0 heterocycles. The third-order valence-corrected chi connectivity index (χ3v) is 6.46. The van der Waals surface area contributed by atoms with Crippen LogP contribution in [-0.4, -0.2) is 6.36 Å². The molecule has 0 saturated carbocycles. The van der Waals surface area contributed by atoms with Crippen LogP contribution in [0.25, 0.3) is 0 Å². The molecular formula is C42H79F3O2U. The van der Waals surface area contributed by atoms with Crippen molar-refractivity contribution in [1.82, 2.24) is 0 Å². The average Bonchev–Trinajstić information content (AvgIpc) is 3.00. The zero-order valence-electron chi connectivity index (χ0n) is 33.9. The van der Waals surface area contributed by atoms with Crippen LogP contribution in [0.4, 0.5) is 13.2 Å². The number of benzene rings is 1. The Hall–Kier alpha value is -0.858. The maximum atomic E-state index is 12.1. The summed E-state index contributed by atoms with van der Waals surface area (Å²) in [6.45, 7) is 38.8. The molecule has 1 aromatic rings. The summed E-state index contributed by atoms with van der Waals surface area (Å²) in [6.07, 6.45) is 13.9. The Balaban J connectivity index is -0.000000141. The number of rotatable bonds is 16. The molecule has 2 nitrogen and oxygen atoms in total. The normalized spacial score (nSPS) is 11.4. The van der Waals surface area contributed by atoms with E-state index < -0.39 is 6.36 Å². The first-order valence-electron chi connectivity index (χ1n) is 18.7. The Morgan fingerprint density at radius 3 is 1.50 bits per heavy atom. The largest absolute Gasteiger partial charge is 2.00 e. The van der Waals surface area contributed by atoms with E-state index in [2.05, 4.69) is 79.7 Å². The van der Waals surface area contributed by atoms with Gasteiger partial charge in [0.05, 0.1) is 0 Å². The summed E-state index contributed by atoms with van der Waals surface area (Å²) in [5.74, 6) is 2.82. The number of ether oxygens (including phenoxy) is 2. The average molecular weight is 911 g/mol. The molecule has 0 N–H and O–H groups in total. The molecular weight excluding hydrogens is 831 g/mol. The predicted molar refractivity (Wildman–Crippen MR) is 206 cm³/mol. The molecule has 0 aliphatic carbocycles. The first kappa shape index (κ1) is 59.3. The molecule has 0 bridgehead atoms. The van der Waals surface area contributed by atoms with E-state index in [-0.39, 0.29) is 42.8 Å². The van der Waals surface area contributed by atoms with Gasteiger partial charge in [0, 0.05) is 0 Å². The number of halogens is 3. The zero-order chi connectivity index (χ0) is 37.7. The van der Waals surface area contributed by atoms with Crippen LogP contribution < -0.4 is 9.47 Å². The number of alkyl halides is 3. The van der Waals surface area contributed by atoms with Gasteiger partial charge in [-0.1, -0.05) is 167 Å². The summed E-state index contributed by atoms with van der Waals surface area (Å²) >= 11 is 0. The van der Waals surface area contributed by atoms with Crippen molar-refractivity contribution in [2.24, 2.45) is 17.8 Å². The summed E-state index contributed by atoms with van der Waals surface area (Å²) in [4.78, 5) is 0. The summed E-state index contributed by atoms with van der Waals surface area (Å²) in [5, 5.41) is 0. The molecule has 0 aliphatic rings. The maximum absolute atomic E-state index is 12.1. The molecule has 1 rings (SSSR count). The van der Waals surface area contributed by atoms with Crippen molar-refractivity contribution >= 4 is 0 Å². The Kier molecular flexibility index (Phi) is 54.6. The molecule has 284 valence electrons. The quantitative estimate of drug-likeness (QED) is 0.0712. The van der Waals surface area contributed by atoms with E-state index in [1.165, 1.54) is 82.1 Å². The van der Waals surface area contributed by atoms with Gasteiger partial charge in [-0.25, -0.2) is 0 Å². The summed E-state index contributed by atoms with van der Waals surface area (Å²) in [7, 11) is 0.